The Kier molecular flexibility index (Phi) is 5.85. The fraction of sp³-hybridized carbons (Fsp3) is 0.263. The molecule has 2 aromatic heterocycles. The van der Waals surface area contributed by atoms with Crippen molar-refractivity contribution >= 4 is 39.9 Å². The van der Waals surface area contributed by atoms with Crippen LogP contribution < -0.4 is 11.1 Å². The van der Waals surface area contributed by atoms with Gasteiger partial charge in [-0.3, -0.25) is 9.59 Å². The molecule has 28 heavy (non-hydrogen) atoms. The van der Waals surface area contributed by atoms with Crippen molar-refractivity contribution in [2.45, 2.75) is 31.4 Å². The minimum Gasteiger partial charge on any atom is -0.411 e. The van der Waals surface area contributed by atoms with Gasteiger partial charge in [0, 0.05) is 5.56 Å². The first kappa shape index (κ1) is 20.1. The summed E-state index contributed by atoms with van der Waals surface area (Å²) in [6, 6.07) is 9.54. The molecule has 7 nitrogen and oxygen atoms in total. The standard InChI is InChI=1S/C19H20N4O3S2/c1-19(2,3)12-6-4-11(5-7-12)16-22-23-18(26-16)28-10-14(24)21-17-13(15(20)25)8-9-27-17/h4-9H,10H2,1-3H3,(H2,20,25)(H,21,24). The predicted octanol–water partition coefficient (Wildman–Crippen LogP) is 3.93. The SMILES string of the molecule is CC(C)(C)c1ccc(-c2nnc(SCC(=O)Nc3sccc3C(N)=O)o2)cc1. The second-order valence-electron chi connectivity index (χ2n) is 7.06. The highest BCUT2D eigenvalue weighted by atomic mass is 32.2. The second-order valence-corrected chi connectivity index (χ2v) is 8.91. The van der Waals surface area contributed by atoms with Gasteiger partial charge in [0.05, 0.1) is 11.3 Å². The van der Waals surface area contributed by atoms with Gasteiger partial charge in [-0.25, -0.2) is 0 Å². The van der Waals surface area contributed by atoms with Crippen LogP contribution >= 0.6 is 23.1 Å². The first-order chi connectivity index (χ1) is 13.2. The third-order valence-corrected chi connectivity index (χ3v) is 5.56. The van der Waals surface area contributed by atoms with E-state index in [9.17, 15) is 9.59 Å². The van der Waals surface area contributed by atoms with Gasteiger partial charge >= 0.3 is 0 Å². The summed E-state index contributed by atoms with van der Waals surface area (Å²) in [4.78, 5) is 23.4. The number of amides is 2. The van der Waals surface area contributed by atoms with Crippen LogP contribution in [-0.2, 0) is 10.2 Å². The van der Waals surface area contributed by atoms with Crippen LogP contribution in [0.4, 0.5) is 5.00 Å². The fourth-order valence-electron chi connectivity index (χ4n) is 2.39. The molecule has 0 bridgehead atoms. The summed E-state index contributed by atoms with van der Waals surface area (Å²) < 4.78 is 5.63. The van der Waals surface area contributed by atoms with E-state index in [1.54, 1.807) is 11.4 Å². The number of rotatable bonds is 6. The number of nitrogens with two attached hydrogens (primary N) is 1. The molecule has 3 aromatic rings. The molecular weight excluding hydrogens is 396 g/mol. The van der Waals surface area contributed by atoms with Gasteiger partial charge < -0.3 is 15.5 Å². The van der Waals surface area contributed by atoms with Crippen molar-refractivity contribution in [2.24, 2.45) is 5.73 Å². The zero-order chi connectivity index (χ0) is 20.3. The number of primary amides is 1. The summed E-state index contributed by atoms with van der Waals surface area (Å²) in [6.07, 6.45) is 0. The number of nitrogens with zero attached hydrogens (tertiary/aromatic N) is 2. The molecule has 3 rings (SSSR count). The van der Waals surface area contributed by atoms with Crippen LogP contribution in [0.25, 0.3) is 11.5 Å². The van der Waals surface area contributed by atoms with E-state index in [0.717, 1.165) is 17.3 Å². The second kappa shape index (κ2) is 8.15. The van der Waals surface area contributed by atoms with Crippen molar-refractivity contribution in [3.05, 3.63) is 46.8 Å². The lowest BCUT2D eigenvalue weighted by molar-refractivity contribution is -0.113. The molecule has 0 aliphatic rings. The first-order valence-electron chi connectivity index (χ1n) is 8.48. The van der Waals surface area contributed by atoms with E-state index in [1.165, 1.54) is 16.9 Å². The van der Waals surface area contributed by atoms with Crippen molar-refractivity contribution in [2.75, 3.05) is 11.1 Å². The van der Waals surface area contributed by atoms with E-state index < -0.39 is 5.91 Å². The molecule has 0 spiro atoms. The van der Waals surface area contributed by atoms with Crippen LogP contribution in [-0.4, -0.2) is 27.8 Å². The van der Waals surface area contributed by atoms with Gasteiger partial charge in [-0.15, -0.1) is 21.5 Å². The van der Waals surface area contributed by atoms with Crippen LogP contribution in [0.3, 0.4) is 0 Å². The summed E-state index contributed by atoms with van der Waals surface area (Å²) in [5.41, 5.74) is 7.67. The smallest absolute Gasteiger partial charge is 0.277 e. The number of anilines is 1. The maximum Gasteiger partial charge on any atom is 0.277 e. The van der Waals surface area contributed by atoms with E-state index in [2.05, 4.69) is 36.3 Å². The van der Waals surface area contributed by atoms with Gasteiger partial charge in [0.1, 0.15) is 5.00 Å². The number of nitrogens with one attached hydrogen (secondary N) is 1. The maximum atomic E-state index is 12.1. The lowest BCUT2D eigenvalue weighted by Crippen LogP contribution is -2.17. The summed E-state index contributed by atoms with van der Waals surface area (Å²) >= 11 is 2.36. The summed E-state index contributed by atoms with van der Waals surface area (Å²) in [6.45, 7) is 6.45. The maximum absolute atomic E-state index is 12.1. The molecule has 2 amide bonds. The Balaban J connectivity index is 1.59. The molecule has 2 heterocycles. The Hall–Kier alpha value is -2.65. The normalized spacial score (nSPS) is 11.4. The van der Waals surface area contributed by atoms with Crippen molar-refractivity contribution < 1.29 is 14.0 Å². The molecule has 1 aromatic carbocycles. The molecule has 0 aliphatic carbocycles. The van der Waals surface area contributed by atoms with Crippen LogP contribution in [0, 0.1) is 0 Å². The van der Waals surface area contributed by atoms with Gasteiger partial charge in [-0.1, -0.05) is 44.7 Å². The third-order valence-electron chi connectivity index (χ3n) is 3.91. The molecule has 0 aliphatic heterocycles. The summed E-state index contributed by atoms with van der Waals surface area (Å²) in [5.74, 6) is -0.397. The minimum atomic E-state index is -0.580. The Morgan fingerprint density at radius 3 is 2.54 bits per heavy atom. The molecular formula is C19H20N4O3S2. The fourth-order valence-corrected chi connectivity index (χ4v) is 3.76. The Labute approximate surface area is 170 Å². The van der Waals surface area contributed by atoms with E-state index in [-0.39, 0.29) is 17.1 Å². The van der Waals surface area contributed by atoms with Crippen molar-refractivity contribution in [3.8, 4) is 11.5 Å². The Morgan fingerprint density at radius 1 is 1.18 bits per heavy atom. The zero-order valence-electron chi connectivity index (χ0n) is 15.7. The number of aromatic nitrogens is 2. The van der Waals surface area contributed by atoms with E-state index >= 15 is 0 Å². The van der Waals surface area contributed by atoms with Gasteiger partial charge in [0.2, 0.25) is 11.8 Å². The largest absolute Gasteiger partial charge is 0.411 e. The monoisotopic (exact) mass is 416 g/mol. The number of hydrogen-bond acceptors (Lipinski definition) is 7. The lowest BCUT2D eigenvalue weighted by Gasteiger charge is -2.18. The minimum absolute atomic E-state index is 0.0681. The van der Waals surface area contributed by atoms with Crippen molar-refractivity contribution in [3.63, 3.8) is 0 Å². The predicted molar refractivity (Wildman–Crippen MR) is 111 cm³/mol. The highest BCUT2D eigenvalue weighted by Crippen LogP contribution is 2.28. The van der Waals surface area contributed by atoms with Crippen LogP contribution in [0.5, 0.6) is 0 Å². The summed E-state index contributed by atoms with van der Waals surface area (Å²) in [5, 5.41) is 13.1. The number of carbonyl (C=O) groups is 2. The van der Waals surface area contributed by atoms with Gasteiger partial charge in [-0.2, -0.15) is 0 Å². The Morgan fingerprint density at radius 2 is 1.89 bits per heavy atom. The number of carbonyl (C=O) groups excluding carboxylic acids is 2. The molecule has 9 heteroatoms. The van der Waals surface area contributed by atoms with Crippen molar-refractivity contribution in [1.82, 2.24) is 10.2 Å². The van der Waals surface area contributed by atoms with Gasteiger partial charge in [-0.05, 0) is 34.6 Å². The lowest BCUT2D eigenvalue weighted by atomic mass is 9.87. The Bertz CT molecular complexity index is 987. The number of benzene rings is 1. The number of thiophene rings is 1. The molecule has 0 unspecified atom stereocenters. The molecule has 0 fully saturated rings. The number of thioether (sulfide) groups is 1. The average Bonchev–Trinajstić information content (AvgIpc) is 3.29. The van der Waals surface area contributed by atoms with Gasteiger partial charge in [0.15, 0.2) is 0 Å². The molecule has 0 saturated carbocycles. The molecule has 0 radical (unpaired) electrons. The highest BCUT2D eigenvalue weighted by Gasteiger charge is 2.16. The quantitative estimate of drug-likeness (QED) is 0.589. The average molecular weight is 417 g/mol. The molecule has 3 N–H and O–H groups in total. The van der Waals surface area contributed by atoms with Crippen molar-refractivity contribution in [1.29, 1.82) is 0 Å². The molecule has 146 valence electrons. The van der Waals surface area contributed by atoms with E-state index in [4.69, 9.17) is 10.2 Å². The van der Waals surface area contributed by atoms with E-state index in [0.29, 0.717) is 21.7 Å². The van der Waals surface area contributed by atoms with Crippen LogP contribution in [0.15, 0.2) is 45.4 Å². The molecule has 0 atom stereocenters. The topological polar surface area (TPSA) is 111 Å². The zero-order valence-corrected chi connectivity index (χ0v) is 17.3. The van der Waals surface area contributed by atoms with Gasteiger partial charge in [0.25, 0.3) is 11.1 Å². The highest BCUT2D eigenvalue weighted by molar-refractivity contribution is 7.99. The van der Waals surface area contributed by atoms with Crippen LogP contribution in [0.2, 0.25) is 0 Å². The van der Waals surface area contributed by atoms with E-state index in [1.807, 2.05) is 24.3 Å². The molecule has 0 saturated heterocycles. The first-order valence-corrected chi connectivity index (χ1v) is 10.3. The number of hydrogen-bond donors (Lipinski definition) is 2. The summed E-state index contributed by atoms with van der Waals surface area (Å²) in [7, 11) is 0. The third kappa shape index (κ3) is 4.79. The van der Waals surface area contributed by atoms with Crippen LogP contribution in [0.1, 0.15) is 36.7 Å².